The van der Waals surface area contributed by atoms with E-state index in [1.807, 2.05) is 71.7 Å². The minimum Gasteiger partial charge on any atom is -0.496 e. The molecule has 3 aromatic carbocycles. The largest absolute Gasteiger partial charge is 0.496 e. The van der Waals surface area contributed by atoms with Gasteiger partial charge in [0, 0.05) is 33.6 Å². The summed E-state index contributed by atoms with van der Waals surface area (Å²) in [6.45, 7) is 0.593. The van der Waals surface area contributed by atoms with E-state index in [1.54, 1.807) is 18.4 Å². The van der Waals surface area contributed by atoms with Crippen molar-refractivity contribution in [3.05, 3.63) is 106 Å². The number of thiazole rings is 1. The SMILES string of the molecule is COc1ccccc1-c1csc(=NCc2ccccc2)n1N=Cc1c[nH]c2ccccc12. The summed E-state index contributed by atoms with van der Waals surface area (Å²) < 4.78 is 7.50. The van der Waals surface area contributed by atoms with Crippen molar-refractivity contribution in [1.29, 1.82) is 0 Å². The van der Waals surface area contributed by atoms with Gasteiger partial charge in [-0.3, -0.25) is 4.99 Å². The van der Waals surface area contributed by atoms with Crippen molar-refractivity contribution < 1.29 is 4.74 Å². The van der Waals surface area contributed by atoms with Gasteiger partial charge in [0.05, 0.1) is 25.6 Å². The molecule has 6 heteroatoms. The highest BCUT2D eigenvalue weighted by Gasteiger charge is 2.12. The summed E-state index contributed by atoms with van der Waals surface area (Å²) >= 11 is 1.57. The summed E-state index contributed by atoms with van der Waals surface area (Å²) in [5.74, 6) is 0.802. The first-order valence-electron chi connectivity index (χ1n) is 10.3. The Morgan fingerprint density at radius 3 is 2.62 bits per heavy atom. The molecule has 32 heavy (non-hydrogen) atoms. The lowest BCUT2D eigenvalue weighted by Gasteiger charge is -2.08. The Morgan fingerprint density at radius 2 is 1.75 bits per heavy atom. The van der Waals surface area contributed by atoms with Crippen molar-refractivity contribution >= 4 is 28.5 Å². The van der Waals surface area contributed by atoms with E-state index >= 15 is 0 Å². The Labute approximate surface area is 190 Å². The molecule has 0 aliphatic rings. The van der Waals surface area contributed by atoms with Crippen LogP contribution in [-0.4, -0.2) is 23.0 Å². The summed E-state index contributed by atoms with van der Waals surface area (Å²) in [6.07, 6.45) is 3.86. The summed E-state index contributed by atoms with van der Waals surface area (Å²) in [6, 6.07) is 26.4. The fraction of sp³-hybridized carbons (Fsp3) is 0.0769. The first-order chi connectivity index (χ1) is 15.8. The Hall–Kier alpha value is -3.90. The van der Waals surface area contributed by atoms with Gasteiger partial charge in [-0.1, -0.05) is 60.7 Å². The van der Waals surface area contributed by atoms with Gasteiger partial charge in [-0.2, -0.15) is 5.10 Å². The first-order valence-corrected chi connectivity index (χ1v) is 11.2. The number of ether oxygens (including phenoxy) is 1. The molecular formula is C26H22N4OS. The van der Waals surface area contributed by atoms with Crippen molar-refractivity contribution in [2.75, 3.05) is 7.11 Å². The van der Waals surface area contributed by atoms with Crippen molar-refractivity contribution in [1.82, 2.24) is 9.66 Å². The van der Waals surface area contributed by atoms with Crippen LogP contribution in [0.15, 0.2) is 101 Å². The maximum Gasteiger partial charge on any atom is 0.206 e. The fourth-order valence-electron chi connectivity index (χ4n) is 3.62. The van der Waals surface area contributed by atoms with Gasteiger partial charge in [-0.15, -0.1) is 11.3 Å². The molecule has 0 radical (unpaired) electrons. The van der Waals surface area contributed by atoms with Crippen LogP contribution < -0.4 is 9.54 Å². The topological polar surface area (TPSA) is 54.7 Å². The van der Waals surface area contributed by atoms with Gasteiger partial charge >= 0.3 is 0 Å². The molecule has 0 aliphatic carbocycles. The predicted octanol–water partition coefficient (Wildman–Crippen LogP) is 5.69. The lowest BCUT2D eigenvalue weighted by Crippen LogP contribution is -2.12. The summed E-state index contributed by atoms with van der Waals surface area (Å²) in [7, 11) is 1.69. The molecule has 0 unspecified atom stereocenters. The summed E-state index contributed by atoms with van der Waals surface area (Å²) in [4.78, 5) is 8.99. The molecule has 0 amide bonds. The standard InChI is InChI=1S/C26H22N4OS/c1-31-25-14-8-6-12-22(25)24-18-32-26(28-15-19-9-3-2-4-10-19)30(24)29-17-20-16-27-23-13-7-5-11-21(20)23/h2-14,16-18,27H,15H2,1H3. The van der Waals surface area contributed by atoms with E-state index < -0.39 is 0 Å². The number of rotatable bonds is 6. The molecule has 5 nitrogen and oxygen atoms in total. The third kappa shape index (κ3) is 4.00. The number of aromatic nitrogens is 2. The molecule has 2 heterocycles. The molecule has 158 valence electrons. The van der Waals surface area contributed by atoms with Crippen LogP contribution in [0.2, 0.25) is 0 Å². The number of aromatic amines is 1. The second kappa shape index (κ2) is 9.08. The van der Waals surface area contributed by atoms with Gasteiger partial charge in [-0.05, 0) is 23.8 Å². The zero-order chi connectivity index (χ0) is 21.8. The van der Waals surface area contributed by atoms with Crippen molar-refractivity contribution in [3.63, 3.8) is 0 Å². The maximum absolute atomic E-state index is 5.61. The second-order valence-corrected chi connectivity index (χ2v) is 8.09. The maximum atomic E-state index is 5.61. The van der Waals surface area contributed by atoms with Crippen molar-refractivity contribution in [2.45, 2.75) is 6.54 Å². The quantitative estimate of drug-likeness (QED) is 0.340. The molecule has 5 aromatic rings. The van der Waals surface area contributed by atoms with Gasteiger partial charge in [0.15, 0.2) is 0 Å². The smallest absolute Gasteiger partial charge is 0.206 e. The van der Waals surface area contributed by atoms with Crippen LogP contribution >= 0.6 is 11.3 Å². The van der Waals surface area contributed by atoms with Crippen LogP contribution in [0.3, 0.4) is 0 Å². The third-order valence-corrected chi connectivity index (χ3v) is 6.10. The Kier molecular flexibility index (Phi) is 5.68. The number of nitrogens with one attached hydrogen (secondary N) is 1. The normalized spacial score (nSPS) is 12.1. The Bertz CT molecular complexity index is 1440. The third-order valence-electron chi connectivity index (χ3n) is 5.24. The minimum absolute atomic E-state index is 0.593. The number of hydrogen-bond acceptors (Lipinski definition) is 4. The van der Waals surface area contributed by atoms with Gasteiger partial charge in [-0.25, -0.2) is 4.68 Å². The van der Waals surface area contributed by atoms with E-state index in [0.29, 0.717) is 6.54 Å². The Morgan fingerprint density at radius 1 is 0.969 bits per heavy atom. The number of nitrogens with zero attached hydrogens (tertiary/aromatic N) is 3. The zero-order valence-electron chi connectivity index (χ0n) is 17.6. The summed E-state index contributed by atoms with van der Waals surface area (Å²) in [5.41, 5.74) is 5.19. The molecule has 2 aromatic heterocycles. The van der Waals surface area contributed by atoms with Crippen LogP contribution in [0.1, 0.15) is 11.1 Å². The number of benzene rings is 3. The molecule has 0 aliphatic heterocycles. The predicted molar refractivity (Wildman–Crippen MR) is 131 cm³/mol. The molecule has 0 saturated heterocycles. The average molecular weight is 439 g/mol. The second-order valence-electron chi connectivity index (χ2n) is 7.25. The molecular weight excluding hydrogens is 416 g/mol. The average Bonchev–Trinajstić information content (AvgIpc) is 3.45. The van der Waals surface area contributed by atoms with Gasteiger partial charge in [0.25, 0.3) is 0 Å². The number of para-hydroxylation sites is 2. The highest BCUT2D eigenvalue weighted by Crippen LogP contribution is 2.30. The van der Waals surface area contributed by atoms with E-state index in [0.717, 1.165) is 43.8 Å². The fourth-order valence-corrected chi connectivity index (χ4v) is 4.45. The lowest BCUT2D eigenvalue weighted by atomic mass is 10.1. The number of methoxy groups -OCH3 is 1. The first kappa shape index (κ1) is 20.0. The zero-order valence-corrected chi connectivity index (χ0v) is 18.4. The molecule has 5 rings (SSSR count). The van der Waals surface area contributed by atoms with E-state index in [1.165, 1.54) is 0 Å². The van der Waals surface area contributed by atoms with E-state index in [-0.39, 0.29) is 0 Å². The molecule has 0 saturated carbocycles. The lowest BCUT2D eigenvalue weighted by molar-refractivity contribution is 0.416. The summed E-state index contributed by atoms with van der Waals surface area (Å²) in [5, 5.41) is 8.07. The molecule has 0 fully saturated rings. The van der Waals surface area contributed by atoms with Crippen molar-refractivity contribution in [3.8, 4) is 17.0 Å². The van der Waals surface area contributed by atoms with E-state index in [9.17, 15) is 0 Å². The highest BCUT2D eigenvalue weighted by molar-refractivity contribution is 7.07. The monoisotopic (exact) mass is 438 g/mol. The highest BCUT2D eigenvalue weighted by atomic mass is 32.1. The van der Waals surface area contributed by atoms with Crippen LogP contribution in [0.4, 0.5) is 0 Å². The van der Waals surface area contributed by atoms with Crippen LogP contribution in [0.25, 0.3) is 22.2 Å². The number of hydrogen-bond donors (Lipinski definition) is 1. The molecule has 0 bridgehead atoms. The van der Waals surface area contributed by atoms with E-state index in [4.69, 9.17) is 14.8 Å². The molecule has 1 N–H and O–H groups in total. The van der Waals surface area contributed by atoms with Gasteiger partial charge in [0.2, 0.25) is 4.80 Å². The van der Waals surface area contributed by atoms with Crippen LogP contribution in [-0.2, 0) is 6.54 Å². The van der Waals surface area contributed by atoms with Crippen molar-refractivity contribution in [2.24, 2.45) is 10.1 Å². The van der Waals surface area contributed by atoms with Crippen LogP contribution in [0.5, 0.6) is 5.75 Å². The van der Waals surface area contributed by atoms with Crippen LogP contribution in [0, 0.1) is 0 Å². The van der Waals surface area contributed by atoms with E-state index in [2.05, 4.69) is 34.6 Å². The molecule has 0 atom stereocenters. The number of fused-ring (bicyclic) bond motifs is 1. The molecule has 0 spiro atoms. The van der Waals surface area contributed by atoms with Gasteiger partial charge < -0.3 is 9.72 Å². The van der Waals surface area contributed by atoms with Gasteiger partial charge in [0.1, 0.15) is 5.75 Å². The minimum atomic E-state index is 0.593. The Balaban J connectivity index is 1.61. The number of H-pyrrole nitrogens is 1.